The van der Waals surface area contributed by atoms with Gasteiger partial charge in [0.25, 0.3) is 0 Å². The number of rotatable bonds is 3. The van der Waals surface area contributed by atoms with Crippen LogP contribution in [0.5, 0.6) is 0 Å². The first-order valence-corrected chi connectivity index (χ1v) is 4.25. The van der Waals surface area contributed by atoms with Crippen molar-refractivity contribution in [2.45, 2.75) is 19.1 Å². The number of aliphatic carboxylic acids is 1. The standard InChI is InChI=1S/C9H9F3N2O2/c1-3-6(8(15)16)14-4-7(9(10,11)12)13-5(14)2/h3-4,6H,1H2,2H3,(H,15,16)/t6-/m0/s1. The van der Waals surface area contributed by atoms with E-state index in [2.05, 4.69) is 11.6 Å². The van der Waals surface area contributed by atoms with Gasteiger partial charge in [-0.05, 0) is 6.92 Å². The van der Waals surface area contributed by atoms with Gasteiger partial charge in [-0.1, -0.05) is 6.08 Å². The quantitative estimate of drug-likeness (QED) is 0.814. The number of imidazole rings is 1. The Labute approximate surface area is 89.0 Å². The molecule has 0 saturated carbocycles. The predicted molar refractivity (Wildman–Crippen MR) is 48.8 cm³/mol. The predicted octanol–water partition coefficient (Wildman–Crippen LogP) is 2.02. The van der Waals surface area contributed by atoms with Crippen molar-refractivity contribution in [1.82, 2.24) is 9.55 Å². The Morgan fingerprint density at radius 1 is 1.69 bits per heavy atom. The molecule has 1 aromatic heterocycles. The first kappa shape index (κ1) is 12.3. The number of hydrogen-bond donors (Lipinski definition) is 1. The SMILES string of the molecule is C=C[C@@H](C(=O)O)n1cc(C(F)(F)F)nc1C. The highest BCUT2D eigenvalue weighted by Gasteiger charge is 2.35. The van der Waals surface area contributed by atoms with Crippen LogP contribution in [-0.4, -0.2) is 20.6 Å². The van der Waals surface area contributed by atoms with E-state index in [0.717, 1.165) is 10.6 Å². The van der Waals surface area contributed by atoms with Crippen LogP contribution >= 0.6 is 0 Å². The van der Waals surface area contributed by atoms with Gasteiger partial charge in [-0.15, -0.1) is 6.58 Å². The molecule has 1 heterocycles. The van der Waals surface area contributed by atoms with Gasteiger partial charge in [-0.3, -0.25) is 0 Å². The minimum atomic E-state index is -4.58. The number of carbonyl (C=O) groups is 1. The largest absolute Gasteiger partial charge is 0.479 e. The average Bonchev–Trinajstić information content (AvgIpc) is 2.48. The van der Waals surface area contributed by atoms with Crippen LogP contribution in [0.25, 0.3) is 0 Å². The number of nitrogens with zero attached hydrogens (tertiary/aromatic N) is 2. The molecule has 0 aliphatic rings. The van der Waals surface area contributed by atoms with Gasteiger partial charge >= 0.3 is 12.1 Å². The fourth-order valence-corrected chi connectivity index (χ4v) is 1.24. The third kappa shape index (κ3) is 2.23. The molecule has 0 unspecified atom stereocenters. The van der Waals surface area contributed by atoms with Gasteiger partial charge in [0.05, 0.1) is 0 Å². The summed E-state index contributed by atoms with van der Waals surface area (Å²) >= 11 is 0. The molecule has 0 fully saturated rings. The molecule has 0 saturated heterocycles. The lowest BCUT2D eigenvalue weighted by Gasteiger charge is -2.10. The third-order valence-corrected chi connectivity index (χ3v) is 1.98. The summed E-state index contributed by atoms with van der Waals surface area (Å²) in [7, 11) is 0. The molecule has 0 bridgehead atoms. The molecule has 4 nitrogen and oxygen atoms in total. The lowest BCUT2D eigenvalue weighted by molar-refractivity contribution is -0.142. The summed E-state index contributed by atoms with van der Waals surface area (Å²) < 4.78 is 37.8. The summed E-state index contributed by atoms with van der Waals surface area (Å²) in [5, 5.41) is 8.76. The third-order valence-electron chi connectivity index (χ3n) is 1.98. The van der Waals surface area contributed by atoms with Crippen LogP contribution in [0.1, 0.15) is 17.6 Å². The van der Waals surface area contributed by atoms with E-state index in [1.165, 1.54) is 6.92 Å². The van der Waals surface area contributed by atoms with E-state index in [9.17, 15) is 18.0 Å². The summed E-state index contributed by atoms with van der Waals surface area (Å²) in [5.74, 6) is -1.32. The van der Waals surface area contributed by atoms with E-state index in [1.54, 1.807) is 0 Å². The maximum Gasteiger partial charge on any atom is 0.434 e. The number of carboxylic acids is 1. The second kappa shape index (κ2) is 3.99. The summed E-state index contributed by atoms with van der Waals surface area (Å²) in [6, 6.07) is -1.25. The van der Waals surface area contributed by atoms with Crippen molar-refractivity contribution in [2.24, 2.45) is 0 Å². The van der Waals surface area contributed by atoms with Gasteiger partial charge in [-0.25, -0.2) is 9.78 Å². The number of aromatic nitrogens is 2. The molecule has 0 spiro atoms. The minimum absolute atomic E-state index is 0.0281. The van der Waals surface area contributed by atoms with E-state index >= 15 is 0 Å². The molecule has 1 rings (SSSR count). The van der Waals surface area contributed by atoms with Gasteiger partial charge in [0.2, 0.25) is 0 Å². The van der Waals surface area contributed by atoms with E-state index in [0.29, 0.717) is 6.20 Å². The highest BCUT2D eigenvalue weighted by molar-refractivity contribution is 5.74. The van der Waals surface area contributed by atoms with Crippen LogP contribution < -0.4 is 0 Å². The van der Waals surface area contributed by atoms with Gasteiger partial charge in [0.1, 0.15) is 5.82 Å². The van der Waals surface area contributed by atoms with Crippen molar-refractivity contribution in [3.8, 4) is 0 Å². The number of halogens is 3. The highest BCUT2D eigenvalue weighted by Crippen LogP contribution is 2.29. The summed E-state index contributed by atoms with van der Waals surface area (Å²) in [6.45, 7) is 4.56. The van der Waals surface area contributed by atoms with Crippen molar-refractivity contribution in [3.05, 3.63) is 30.4 Å². The van der Waals surface area contributed by atoms with E-state index in [4.69, 9.17) is 5.11 Å². The Morgan fingerprint density at radius 3 is 2.56 bits per heavy atom. The molecule has 1 atom stereocenters. The molecule has 0 aliphatic carbocycles. The topological polar surface area (TPSA) is 55.1 Å². The molecule has 0 amide bonds. The molecule has 16 heavy (non-hydrogen) atoms. The highest BCUT2D eigenvalue weighted by atomic mass is 19.4. The van der Waals surface area contributed by atoms with Crippen LogP contribution in [0.3, 0.4) is 0 Å². The molecule has 1 aromatic rings. The van der Waals surface area contributed by atoms with Crippen molar-refractivity contribution < 1.29 is 23.1 Å². The van der Waals surface area contributed by atoms with Gasteiger partial charge < -0.3 is 9.67 Å². The van der Waals surface area contributed by atoms with E-state index < -0.39 is 23.9 Å². The summed E-state index contributed by atoms with van der Waals surface area (Å²) in [6.07, 6.45) is -2.88. The maximum atomic E-state index is 12.3. The van der Waals surface area contributed by atoms with Crippen molar-refractivity contribution in [3.63, 3.8) is 0 Å². The van der Waals surface area contributed by atoms with Crippen LogP contribution in [-0.2, 0) is 11.0 Å². The zero-order chi connectivity index (χ0) is 12.5. The van der Waals surface area contributed by atoms with Crippen LogP contribution in [0, 0.1) is 6.92 Å². The zero-order valence-electron chi connectivity index (χ0n) is 8.32. The Morgan fingerprint density at radius 2 is 2.25 bits per heavy atom. The first-order chi connectivity index (χ1) is 7.27. The summed E-state index contributed by atoms with van der Waals surface area (Å²) in [4.78, 5) is 14.0. The number of alkyl halides is 3. The molecule has 0 radical (unpaired) electrons. The second-order valence-electron chi connectivity index (χ2n) is 3.10. The number of hydrogen-bond acceptors (Lipinski definition) is 2. The Kier molecular flexibility index (Phi) is 3.06. The van der Waals surface area contributed by atoms with Crippen LogP contribution in [0.4, 0.5) is 13.2 Å². The minimum Gasteiger partial charge on any atom is -0.479 e. The number of aryl methyl sites for hydroxylation is 1. The van der Waals surface area contributed by atoms with Gasteiger partial charge in [0, 0.05) is 6.20 Å². The smallest absolute Gasteiger partial charge is 0.434 e. The maximum absolute atomic E-state index is 12.3. The molecule has 0 aliphatic heterocycles. The Hall–Kier alpha value is -1.79. The van der Waals surface area contributed by atoms with Gasteiger partial charge in [-0.2, -0.15) is 13.2 Å². The fraction of sp³-hybridized carbons (Fsp3) is 0.333. The average molecular weight is 234 g/mol. The van der Waals surface area contributed by atoms with E-state index in [-0.39, 0.29) is 5.82 Å². The van der Waals surface area contributed by atoms with Crippen LogP contribution in [0.2, 0.25) is 0 Å². The monoisotopic (exact) mass is 234 g/mol. The lowest BCUT2D eigenvalue weighted by atomic mass is 10.3. The Bertz CT molecular complexity index is 423. The Balaban J connectivity index is 3.20. The van der Waals surface area contributed by atoms with Crippen LogP contribution in [0.15, 0.2) is 18.9 Å². The lowest BCUT2D eigenvalue weighted by Crippen LogP contribution is -2.17. The zero-order valence-corrected chi connectivity index (χ0v) is 8.32. The summed E-state index contributed by atoms with van der Waals surface area (Å²) in [5.41, 5.74) is -1.11. The first-order valence-electron chi connectivity index (χ1n) is 4.25. The second-order valence-corrected chi connectivity index (χ2v) is 3.10. The molecule has 0 aromatic carbocycles. The molecular weight excluding hydrogens is 225 g/mol. The molecule has 7 heteroatoms. The van der Waals surface area contributed by atoms with Crippen molar-refractivity contribution >= 4 is 5.97 Å². The fourth-order valence-electron chi connectivity index (χ4n) is 1.24. The van der Waals surface area contributed by atoms with E-state index in [1.807, 2.05) is 0 Å². The molecule has 88 valence electrons. The van der Waals surface area contributed by atoms with Gasteiger partial charge in [0.15, 0.2) is 11.7 Å². The van der Waals surface area contributed by atoms with Crippen molar-refractivity contribution in [1.29, 1.82) is 0 Å². The normalized spacial score (nSPS) is 13.5. The van der Waals surface area contributed by atoms with Crippen molar-refractivity contribution in [2.75, 3.05) is 0 Å². The number of carboxylic acid groups (broad SMARTS) is 1. The molecule has 1 N–H and O–H groups in total. The molecular formula is C9H9F3N2O2.